The van der Waals surface area contributed by atoms with Gasteiger partial charge < -0.3 is 15.0 Å². The van der Waals surface area contributed by atoms with Gasteiger partial charge in [-0.2, -0.15) is 0 Å². The molecular formula is C17H20N2O3. The van der Waals surface area contributed by atoms with E-state index < -0.39 is 11.9 Å². The zero-order chi connectivity index (χ0) is 15.9. The van der Waals surface area contributed by atoms with Crippen molar-refractivity contribution in [2.24, 2.45) is 5.92 Å². The number of amides is 1. The summed E-state index contributed by atoms with van der Waals surface area (Å²) in [4.78, 5) is 28.6. The highest BCUT2D eigenvalue weighted by molar-refractivity contribution is 5.99. The van der Waals surface area contributed by atoms with Crippen molar-refractivity contribution < 1.29 is 14.7 Å². The Kier molecular flexibility index (Phi) is 3.64. The normalized spacial score (nSPS) is 18.6. The molecule has 0 saturated carbocycles. The van der Waals surface area contributed by atoms with Crippen molar-refractivity contribution >= 4 is 22.8 Å². The summed E-state index contributed by atoms with van der Waals surface area (Å²) in [6, 6.07) is 5.98. The fraction of sp³-hybridized carbons (Fsp3) is 0.412. The molecule has 5 nitrogen and oxygen atoms in total. The van der Waals surface area contributed by atoms with E-state index in [0.717, 1.165) is 28.5 Å². The number of carboxylic acids is 1. The molecular weight excluding hydrogens is 280 g/mol. The molecule has 0 radical (unpaired) electrons. The maximum absolute atomic E-state index is 12.6. The van der Waals surface area contributed by atoms with Crippen LogP contribution in [0.2, 0.25) is 0 Å². The number of piperidine rings is 1. The third-order valence-electron chi connectivity index (χ3n) is 4.38. The molecule has 1 aromatic heterocycles. The van der Waals surface area contributed by atoms with Gasteiger partial charge in [-0.3, -0.25) is 9.59 Å². The highest BCUT2D eigenvalue weighted by Crippen LogP contribution is 2.24. The molecule has 1 aliphatic heterocycles. The van der Waals surface area contributed by atoms with Crippen molar-refractivity contribution in [2.45, 2.75) is 26.7 Å². The minimum atomic E-state index is -0.819. The number of aliphatic carboxylic acids is 1. The summed E-state index contributed by atoms with van der Waals surface area (Å²) in [5, 5.41) is 10.2. The predicted molar refractivity (Wildman–Crippen MR) is 84.0 cm³/mol. The lowest BCUT2D eigenvalue weighted by Crippen LogP contribution is -2.42. The molecule has 22 heavy (non-hydrogen) atoms. The first-order chi connectivity index (χ1) is 10.5. The number of benzene rings is 1. The summed E-state index contributed by atoms with van der Waals surface area (Å²) in [7, 11) is 0. The van der Waals surface area contributed by atoms with E-state index >= 15 is 0 Å². The van der Waals surface area contributed by atoms with Crippen LogP contribution in [0.4, 0.5) is 0 Å². The maximum Gasteiger partial charge on any atom is 0.308 e. The largest absolute Gasteiger partial charge is 0.481 e. The van der Waals surface area contributed by atoms with E-state index in [-0.39, 0.29) is 5.91 Å². The number of aryl methyl sites for hydroxylation is 2. The molecule has 1 fully saturated rings. The van der Waals surface area contributed by atoms with Gasteiger partial charge in [-0.15, -0.1) is 0 Å². The number of rotatable bonds is 2. The van der Waals surface area contributed by atoms with E-state index in [9.17, 15) is 9.59 Å². The molecule has 0 unspecified atom stereocenters. The summed E-state index contributed by atoms with van der Waals surface area (Å²) in [6.45, 7) is 4.97. The van der Waals surface area contributed by atoms with Gasteiger partial charge in [-0.25, -0.2) is 0 Å². The van der Waals surface area contributed by atoms with Crippen LogP contribution < -0.4 is 0 Å². The zero-order valence-electron chi connectivity index (χ0n) is 12.8. The smallest absolute Gasteiger partial charge is 0.308 e. The molecule has 1 atom stereocenters. The van der Waals surface area contributed by atoms with Gasteiger partial charge in [0.05, 0.1) is 5.92 Å². The molecule has 5 heteroatoms. The molecule has 1 aromatic carbocycles. The second kappa shape index (κ2) is 5.48. The van der Waals surface area contributed by atoms with E-state index in [4.69, 9.17) is 5.11 Å². The number of nitrogens with zero attached hydrogens (tertiary/aromatic N) is 1. The molecule has 0 aliphatic carbocycles. The number of H-pyrrole nitrogens is 1. The van der Waals surface area contributed by atoms with E-state index in [1.807, 2.05) is 26.0 Å². The molecule has 3 rings (SSSR count). The Morgan fingerprint density at radius 3 is 2.77 bits per heavy atom. The van der Waals surface area contributed by atoms with Crippen molar-refractivity contribution in [1.29, 1.82) is 0 Å². The number of aromatic amines is 1. The number of hydrogen-bond acceptors (Lipinski definition) is 2. The topological polar surface area (TPSA) is 73.4 Å². The van der Waals surface area contributed by atoms with Crippen molar-refractivity contribution in [3.63, 3.8) is 0 Å². The van der Waals surface area contributed by atoms with E-state index in [0.29, 0.717) is 25.2 Å². The minimum Gasteiger partial charge on any atom is -0.481 e. The molecule has 0 spiro atoms. The van der Waals surface area contributed by atoms with Crippen LogP contribution in [-0.4, -0.2) is 40.0 Å². The quantitative estimate of drug-likeness (QED) is 0.895. The van der Waals surface area contributed by atoms with Crippen LogP contribution in [-0.2, 0) is 4.79 Å². The predicted octanol–water partition coefficient (Wildman–Crippen LogP) is 2.72. The summed E-state index contributed by atoms with van der Waals surface area (Å²) < 4.78 is 0. The van der Waals surface area contributed by atoms with E-state index in [1.165, 1.54) is 0 Å². The Morgan fingerprint density at radius 2 is 2.05 bits per heavy atom. The molecule has 1 amide bonds. The van der Waals surface area contributed by atoms with Crippen LogP contribution in [0.1, 0.15) is 34.5 Å². The monoisotopic (exact) mass is 300 g/mol. The highest BCUT2D eigenvalue weighted by Gasteiger charge is 2.29. The summed E-state index contributed by atoms with van der Waals surface area (Å²) >= 11 is 0. The van der Waals surface area contributed by atoms with Gasteiger partial charge in [-0.1, -0.05) is 6.07 Å². The van der Waals surface area contributed by atoms with Crippen LogP contribution in [0.25, 0.3) is 10.9 Å². The number of carboxylic acid groups (broad SMARTS) is 1. The lowest BCUT2D eigenvalue weighted by atomic mass is 9.98. The van der Waals surface area contributed by atoms with Crippen molar-refractivity contribution in [3.8, 4) is 0 Å². The fourth-order valence-electron chi connectivity index (χ4n) is 3.25. The van der Waals surface area contributed by atoms with Crippen molar-refractivity contribution in [1.82, 2.24) is 9.88 Å². The first-order valence-electron chi connectivity index (χ1n) is 7.58. The van der Waals surface area contributed by atoms with E-state index in [1.54, 1.807) is 4.90 Å². The number of fused-ring (bicyclic) bond motifs is 1. The van der Waals surface area contributed by atoms with Gasteiger partial charge in [0.15, 0.2) is 0 Å². The van der Waals surface area contributed by atoms with Gasteiger partial charge in [0.25, 0.3) is 5.91 Å². The Balaban J connectivity index is 1.89. The number of hydrogen-bond donors (Lipinski definition) is 2. The first kappa shape index (κ1) is 14.6. The number of carbonyl (C=O) groups is 2. The Morgan fingerprint density at radius 1 is 1.27 bits per heavy atom. The van der Waals surface area contributed by atoms with Gasteiger partial charge in [0.1, 0.15) is 5.69 Å². The molecule has 116 valence electrons. The van der Waals surface area contributed by atoms with Gasteiger partial charge >= 0.3 is 5.97 Å². The zero-order valence-corrected chi connectivity index (χ0v) is 12.8. The number of carbonyl (C=O) groups excluding carboxylic acids is 1. The van der Waals surface area contributed by atoms with Crippen LogP contribution in [0.3, 0.4) is 0 Å². The molecule has 1 aliphatic rings. The number of aromatic nitrogens is 1. The second-order valence-corrected chi connectivity index (χ2v) is 6.15. The van der Waals surface area contributed by atoms with Crippen molar-refractivity contribution in [3.05, 3.63) is 35.0 Å². The lowest BCUT2D eigenvalue weighted by Gasteiger charge is -2.30. The van der Waals surface area contributed by atoms with Crippen LogP contribution in [0.5, 0.6) is 0 Å². The number of likely N-dealkylation sites (tertiary alicyclic amines) is 1. The SMILES string of the molecule is Cc1cc(C)c2cc(C(=O)N3CCC[C@@H](C(=O)O)C3)[nH]c2c1. The Hall–Kier alpha value is -2.30. The van der Waals surface area contributed by atoms with Crippen LogP contribution in [0, 0.1) is 19.8 Å². The highest BCUT2D eigenvalue weighted by atomic mass is 16.4. The van der Waals surface area contributed by atoms with Gasteiger partial charge in [0.2, 0.25) is 0 Å². The first-order valence-corrected chi connectivity index (χ1v) is 7.58. The summed E-state index contributed by atoms with van der Waals surface area (Å²) in [6.07, 6.45) is 1.38. The van der Waals surface area contributed by atoms with E-state index in [2.05, 4.69) is 11.1 Å². The van der Waals surface area contributed by atoms with Crippen LogP contribution in [0.15, 0.2) is 18.2 Å². The van der Waals surface area contributed by atoms with Crippen LogP contribution >= 0.6 is 0 Å². The molecule has 2 heterocycles. The molecule has 0 bridgehead atoms. The number of nitrogens with one attached hydrogen (secondary N) is 1. The van der Waals surface area contributed by atoms with Gasteiger partial charge in [-0.05, 0) is 49.9 Å². The third kappa shape index (κ3) is 2.58. The molecule has 2 N–H and O–H groups in total. The molecule has 1 saturated heterocycles. The standard InChI is InChI=1S/C17H20N2O3/c1-10-6-11(2)13-8-15(18-14(13)7-10)16(20)19-5-3-4-12(9-19)17(21)22/h6-8,12,18H,3-5,9H2,1-2H3,(H,21,22)/t12-/m1/s1. The summed E-state index contributed by atoms with van der Waals surface area (Å²) in [5.74, 6) is -1.38. The van der Waals surface area contributed by atoms with Crippen molar-refractivity contribution in [2.75, 3.05) is 13.1 Å². The Labute approximate surface area is 128 Å². The molecule has 2 aromatic rings. The average Bonchev–Trinajstić information content (AvgIpc) is 2.90. The lowest BCUT2D eigenvalue weighted by molar-refractivity contribution is -0.143. The Bertz CT molecular complexity index is 748. The average molecular weight is 300 g/mol. The minimum absolute atomic E-state index is 0.112. The fourth-order valence-corrected chi connectivity index (χ4v) is 3.25. The third-order valence-corrected chi connectivity index (χ3v) is 4.38. The second-order valence-electron chi connectivity index (χ2n) is 6.15. The maximum atomic E-state index is 12.6. The summed E-state index contributed by atoms with van der Waals surface area (Å²) in [5.41, 5.74) is 3.77. The van der Waals surface area contributed by atoms with Gasteiger partial charge in [0, 0.05) is 24.0 Å².